The van der Waals surface area contributed by atoms with Crippen LogP contribution in [0.1, 0.15) is 26.7 Å². The molecule has 1 atom stereocenters. The lowest BCUT2D eigenvalue weighted by atomic mass is 10.00. The number of carbonyl (C=O) groups excluding carboxylic acids is 2. The van der Waals surface area contributed by atoms with Crippen LogP contribution in [0.25, 0.3) is 0 Å². The maximum absolute atomic E-state index is 12.3. The van der Waals surface area contributed by atoms with E-state index in [0.717, 1.165) is 25.9 Å². The number of hydrogen-bond donors (Lipinski definition) is 2. The van der Waals surface area contributed by atoms with Crippen LogP contribution in [-0.4, -0.2) is 74.0 Å². The van der Waals surface area contributed by atoms with Gasteiger partial charge < -0.3 is 15.5 Å². The first kappa shape index (κ1) is 23.7. The van der Waals surface area contributed by atoms with Gasteiger partial charge in [-0.1, -0.05) is 0 Å². The zero-order valence-corrected chi connectivity index (χ0v) is 15.8. The van der Waals surface area contributed by atoms with E-state index in [-0.39, 0.29) is 42.7 Å². The van der Waals surface area contributed by atoms with Crippen molar-refractivity contribution in [2.45, 2.75) is 38.3 Å². The van der Waals surface area contributed by atoms with Gasteiger partial charge in [0.05, 0.1) is 11.6 Å². The fraction of sp³-hybridized carbons (Fsp3) is 0.857. The molecular weight excluding hydrogens is 327 g/mol. The molecule has 0 aromatic heterocycles. The molecule has 1 aliphatic heterocycles. The summed E-state index contributed by atoms with van der Waals surface area (Å²) >= 11 is 0. The quantitative estimate of drug-likeness (QED) is 0.727. The van der Waals surface area contributed by atoms with Gasteiger partial charge in [0, 0.05) is 26.7 Å². The predicted octanol–water partition coefficient (Wildman–Crippen LogP) is 0.497. The first-order valence-electron chi connectivity index (χ1n) is 7.22. The smallest absolute Gasteiger partial charge is 0.239 e. The van der Waals surface area contributed by atoms with Crippen LogP contribution in [0.4, 0.5) is 0 Å². The van der Waals surface area contributed by atoms with Gasteiger partial charge in [-0.2, -0.15) is 0 Å². The lowest BCUT2D eigenvalue weighted by Crippen LogP contribution is -2.59. The molecule has 0 radical (unpaired) electrons. The standard InChI is InChI=1S/C14H28N4O2.2ClH/c1-14(2,13(20)15-3)18-9-6-7-11(18)12(19)16-8-10-17(4)5;;/h11H,6-10H2,1-5H3,(H,15,20)(H,16,19);2*1H/t11-;;/m0../s1. The van der Waals surface area contributed by atoms with Gasteiger partial charge in [-0.05, 0) is 40.8 Å². The molecule has 1 aliphatic rings. The van der Waals surface area contributed by atoms with Crippen molar-refractivity contribution in [3.8, 4) is 0 Å². The molecule has 0 aliphatic carbocycles. The number of rotatable bonds is 6. The van der Waals surface area contributed by atoms with Crippen LogP contribution < -0.4 is 10.6 Å². The number of likely N-dealkylation sites (N-methyl/N-ethyl adjacent to an activating group) is 2. The number of hydrogen-bond acceptors (Lipinski definition) is 4. The minimum absolute atomic E-state index is 0. The van der Waals surface area contributed by atoms with Gasteiger partial charge in [-0.3, -0.25) is 14.5 Å². The molecule has 0 aromatic rings. The van der Waals surface area contributed by atoms with Crippen molar-refractivity contribution >= 4 is 36.6 Å². The molecular formula is C14H30Cl2N4O2. The van der Waals surface area contributed by atoms with Crippen molar-refractivity contribution < 1.29 is 9.59 Å². The first-order valence-corrected chi connectivity index (χ1v) is 7.22. The lowest BCUT2D eigenvalue weighted by molar-refractivity contribution is -0.135. The number of carbonyl (C=O) groups is 2. The van der Waals surface area contributed by atoms with E-state index in [4.69, 9.17) is 0 Å². The van der Waals surface area contributed by atoms with Gasteiger partial charge in [0.15, 0.2) is 0 Å². The minimum atomic E-state index is -0.658. The molecule has 0 aromatic carbocycles. The summed E-state index contributed by atoms with van der Waals surface area (Å²) in [7, 11) is 5.58. The summed E-state index contributed by atoms with van der Waals surface area (Å²) in [5.41, 5.74) is -0.658. The number of nitrogens with zero attached hydrogens (tertiary/aromatic N) is 2. The molecule has 132 valence electrons. The molecule has 1 fully saturated rings. The van der Waals surface area contributed by atoms with Crippen LogP contribution >= 0.6 is 24.8 Å². The monoisotopic (exact) mass is 356 g/mol. The van der Waals surface area contributed by atoms with Gasteiger partial charge in [-0.15, -0.1) is 24.8 Å². The highest BCUT2D eigenvalue weighted by atomic mass is 35.5. The number of halogens is 2. The van der Waals surface area contributed by atoms with E-state index in [1.54, 1.807) is 7.05 Å². The third-order valence-electron chi connectivity index (χ3n) is 3.91. The van der Waals surface area contributed by atoms with Gasteiger partial charge in [0.25, 0.3) is 0 Å². The lowest BCUT2D eigenvalue weighted by Gasteiger charge is -2.37. The maximum atomic E-state index is 12.3. The van der Waals surface area contributed by atoms with Gasteiger partial charge in [0.1, 0.15) is 0 Å². The Kier molecular flexibility index (Phi) is 11.1. The summed E-state index contributed by atoms with van der Waals surface area (Å²) < 4.78 is 0. The molecule has 8 heteroatoms. The SMILES string of the molecule is CNC(=O)C(C)(C)N1CCC[C@H]1C(=O)NCCN(C)C.Cl.Cl. The summed E-state index contributed by atoms with van der Waals surface area (Å²) in [6.07, 6.45) is 1.76. The predicted molar refractivity (Wildman–Crippen MR) is 93.9 cm³/mol. The molecule has 6 nitrogen and oxygen atoms in total. The zero-order chi connectivity index (χ0) is 15.3. The first-order chi connectivity index (χ1) is 9.30. The largest absolute Gasteiger partial charge is 0.358 e. The Balaban J connectivity index is 0. The van der Waals surface area contributed by atoms with Crippen LogP contribution in [0, 0.1) is 0 Å². The molecule has 1 heterocycles. The van der Waals surface area contributed by atoms with Crippen molar-refractivity contribution in [3.63, 3.8) is 0 Å². The Labute approximate surface area is 146 Å². The summed E-state index contributed by atoms with van der Waals surface area (Å²) in [4.78, 5) is 28.3. The van der Waals surface area contributed by atoms with Crippen LogP contribution in [0.5, 0.6) is 0 Å². The summed E-state index contributed by atoms with van der Waals surface area (Å²) in [6.45, 7) is 5.98. The Morgan fingerprint density at radius 2 is 1.86 bits per heavy atom. The van der Waals surface area contributed by atoms with E-state index in [2.05, 4.69) is 10.6 Å². The fourth-order valence-electron chi connectivity index (χ4n) is 2.67. The van der Waals surface area contributed by atoms with Crippen molar-refractivity contribution in [2.75, 3.05) is 40.8 Å². The number of nitrogens with one attached hydrogen (secondary N) is 2. The zero-order valence-electron chi connectivity index (χ0n) is 14.1. The number of likely N-dealkylation sites (tertiary alicyclic amines) is 1. The van der Waals surface area contributed by atoms with Crippen LogP contribution in [0.3, 0.4) is 0 Å². The van der Waals surface area contributed by atoms with Crippen molar-refractivity contribution in [3.05, 3.63) is 0 Å². The number of amides is 2. The van der Waals surface area contributed by atoms with Crippen molar-refractivity contribution in [1.29, 1.82) is 0 Å². The second kappa shape index (κ2) is 10.3. The Hall–Kier alpha value is -0.560. The van der Waals surface area contributed by atoms with Gasteiger partial charge in [0.2, 0.25) is 11.8 Å². The third kappa shape index (κ3) is 5.91. The highest BCUT2D eigenvalue weighted by Gasteiger charge is 2.43. The van der Waals surface area contributed by atoms with Crippen molar-refractivity contribution in [1.82, 2.24) is 20.4 Å². The van der Waals surface area contributed by atoms with E-state index < -0.39 is 5.54 Å². The molecule has 1 rings (SSSR count). The highest BCUT2D eigenvalue weighted by molar-refractivity contribution is 5.88. The summed E-state index contributed by atoms with van der Waals surface area (Å²) in [5, 5.41) is 5.64. The summed E-state index contributed by atoms with van der Waals surface area (Å²) in [5.74, 6) is -0.0215. The minimum Gasteiger partial charge on any atom is -0.358 e. The Morgan fingerprint density at radius 3 is 2.36 bits per heavy atom. The molecule has 0 spiro atoms. The van der Waals surface area contributed by atoms with E-state index in [9.17, 15) is 9.59 Å². The van der Waals surface area contributed by atoms with Crippen molar-refractivity contribution in [2.24, 2.45) is 0 Å². The topological polar surface area (TPSA) is 64.7 Å². The Morgan fingerprint density at radius 1 is 1.27 bits per heavy atom. The molecule has 0 unspecified atom stereocenters. The normalized spacial score (nSPS) is 18.4. The average Bonchev–Trinajstić information content (AvgIpc) is 2.86. The molecule has 2 N–H and O–H groups in total. The molecule has 1 saturated heterocycles. The Bertz CT molecular complexity index is 365. The van der Waals surface area contributed by atoms with Crippen LogP contribution in [0.15, 0.2) is 0 Å². The maximum Gasteiger partial charge on any atom is 0.239 e. The van der Waals surface area contributed by atoms with E-state index >= 15 is 0 Å². The van der Waals surface area contributed by atoms with E-state index in [1.165, 1.54) is 0 Å². The summed E-state index contributed by atoms with van der Waals surface area (Å²) in [6, 6.07) is -0.204. The molecule has 0 bridgehead atoms. The average molecular weight is 357 g/mol. The van der Waals surface area contributed by atoms with Gasteiger partial charge >= 0.3 is 0 Å². The van der Waals surface area contributed by atoms with E-state index in [1.807, 2.05) is 37.7 Å². The van der Waals surface area contributed by atoms with Crippen LogP contribution in [0.2, 0.25) is 0 Å². The second-order valence-electron chi connectivity index (χ2n) is 6.08. The second-order valence-corrected chi connectivity index (χ2v) is 6.08. The highest BCUT2D eigenvalue weighted by Crippen LogP contribution is 2.27. The molecule has 0 saturated carbocycles. The molecule has 22 heavy (non-hydrogen) atoms. The fourth-order valence-corrected chi connectivity index (χ4v) is 2.67. The van der Waals surface area contributed by atoms with E-state index in [0.29, 0.717) is 6.54 Å². The molecule has 2 amide bonds. The third-order valence-corrected chi connectivity index (χ3v) is 3.91. The van der Waals surface area contributed by atoms with Gasteiger partial charge in [-0.25, -0.2) is 0 Å². The van der Waals surface area contributed by atoms with Crippen LogP contribution in [-0.2, 0) is 9.59 Å².